The summed E-state index contributed by atoms with van der Waals surface area (Å²) in [6.45, 7) is 0. The van der Waals surface area contributed by atoms with Crippen LogP contribution < -0.4 is 4.74 Å². The van der Waals surface area contributed by atoms with E-state index in [1.54, 1.807) is 48.5 Å². The number of H-pyrrole nitrogens is 2. The van der Waals surface area contributed by atoms with E-state index in [1.165, 1.54) is 0 Å². The number of benzene rings is 4. The summed E-state index contributed by atoms with van der Waals surface area (Å²) in [6.07, 6.45) is 6.98. The number of aromatic nitrogens is 4. The van der Waals surface area contributed by atoms with Crippen molar-refractivity contribution in [3.63, 3.8) is 0 Å². The maximum atomic E-state index is 11.8. The van der Waals surface area contributed by atoms with Crippen LogP contribution in [0.1, 0.15) is 35.6 Å². The van der Waals surface area contributed by atoms with Crippen LogP contribution in [0.2, 0.25) is 0 Å². The fraction of sp³-hybridized carbons (Fsp3) is 0.0800. The maximum Gasteiger partial charge on any atom is 0.321 e. The van der Waals surface area contributed by atoms with Crippen LogP contribution in [0.25, 0.3) is 90.9 Å². The smallest absolute Gasteiger partial charge is 0.321 e. The molecule has 0 unspecified atom stereocenters. The predicted molar refractivity (Wildman–Crippen MR) is 237 cm³/mol. The molecule has 12 heteroatoms. The molecule has 1 saturated carbocycles. The molecule has 0 atom stereocenters. The molecular formula is C50H36N4O8. The van der Waals surface area contributed by atoms with Crippen molar-refractivity contribution >= 4 is 58.3 Å². The normalized spacial score (nSPS) is 14.1. The molecule has 3 aromatic heterocycles. The summed E-state index contributed by atoms with van der Waals surface area (Å²) in [5.74, 6) is -1.89. The number of phenolic OH excluding ortho intramolecular Hbond substituents is 3. The van der Waals surface area contributed by atoms with Crippen molar-refractivity contribution in [2.24, 2.45) is 5.41 Å². The lowest BCUT2D eigenvalue weighted by Gasteiger charge is -2.40. The van der Waals surface area contributed by atoms with Gasteiger partial charge in [-0.15, -0.1) is 0 Å². The van der Waals surface area contributed by atoms with Gasteiger partial charge < -0.3 is 40.2 Å². The van der Waals surface area contributed by atoms with Crippen molar-refractivity contribution in [1.82, 2.24) is 19.9 Å². The van der Waals surface area contributed by atoms with Gasteiger partial charge in [0.05, 0.1) is 22.8 Å². The molecule has 10 rings (SSSR count). The van der Waals surface area contributed by atoms with Gasteiger partial charge in [0.25, 0.3) is 0 Å². The fourth-order valence-corrected chi connectivity index (χ4v) is 8.44. The van der Waals surface area contributed by atoms with Crippen molar-refractivity contribution in [2.75, 3.05) is 0 Å². The average molecular weight is 821 g/mol. The van der Waals surface area contributed by atoms with Gasteiger partial charge in [0.15, 0.2) is 5.41 Å². The summed E-state index contributed by atoms with van der Waals surface area (Å²) in [5, 5.41) is 49.9. The summed E-state index contributed by atoms with van der Waals surface area (Å²) in [7, 11) is 0. The zero-order valence-electron chi connectivity index (χ0n) is 32.7. The third-order valence-electron chi connectivity index (χ3n) is 11.6. The lowest BCUT2D eigenvalue weighted by Crippen LogP contribution is -2.54. The maximum absolute atomic E-state index is 11.8. The minimum Gasteiger partial charge on any atom is -0.508 e. The summed E-state index contributed by atoms with van der Waals surface area (Å²) in [4.78, 5) is 41.3. The molecule has 304 valence electrons. The second-order valence-electron chi connectivity index (χ2n) is 15.5. The molecule has 5 heterocycles. The Hall–Kier alpha value is -8.38. The highest BCUT2D eigenvalue weighted by Crippen LogP contribution is 2.44. The Bertz CT molecular complexity index is 3120. The molecular weight excluding hydrogens is 785 g/mol. The van der Waals surface area contributed by atoms with Crippen LogP contribution in [0.4, 0.5) is 0 Å². The number of aromatic hydroxyl groups is 3. The quantitative estimate of drug-likeness (QED) is 0.0723. The number of nitrogens with one attached hydrogen (secondary N) is 2. The number of fused-ring (bicyclic) bond motifs is 8. The third kappa shape index (κ3) is 6.59. The minimum absolute atomic E-state index is 0.126. The second kappa shape index (κ2) is 14.7. The average Bonchev–Trinajstić information content (AvgIpc) is 4.09. The van der Waals surface area contributed by atoms with Gasteiger partial charge in [0, 0.05) is 57.2 Å². The standard InChI is InChI=1S/C50H36N4O8/c55-31-9-1-27(2-10-31)44-36-17-19-38(51-36)45(28-3-11-32(56)12-4-28)40-21-23-42(53-40)47(30-7-15-34(16-8-30)62-35-25-50(26-35,48(58)59)49(60)61)43-24-22-41(54-43)46(39-20-18-37(44)52-39)29-5-13-33(57)14-6-29/h1-24,35,51,54-57H,25-26H2,(H,58,59)(H,60,61). The van der Waals surface area contributed by atoms with Crippen molar-refractivity contribution in [3.8, 4) is 67.5 Å². The first kappa shape index (κ1) is 37.9. The molecule has 62 heavy (non-hydrogen) atoms. The van der Waals surface area contributed by atoms with Crippen LogP contribution >= 0.6 is 0 Å². The first-order chi connectivity index (χ1) is 30.0. The van der Waals surface area contributed by atoms with Crippen LogP contribution in [-0.2, 0) is 9.59 Å². The van der Waals surface area contributed by atoms with Gasteiger partial charge in [-0.05, 0) is 119 Å². The minimum atomic E-state index is -1.85. The first-order valence-electron chi connectivity index (χ1n) is 19.8. The van der Waals surface area contributed by atoms with Crippen LogP contribution in [0.3, 0.4) is 0 Å². The number of carbonyl (C=O) groups is 2. The third-order valence-corrected chi connectivity index (χ3v) is 11.6. The molecule has 0 amide bonds. The molecule has 1 aliphatic carbocycles. The van der Waals surface area contributed by atoms with Crippen molar-refractivity contribution in [3.05, 3.63) is 144 Å². The van der Waals surface area contributed by atoms with Gasteiger partial charge in [-0.3, -0.25) is 9.59 Å². The lowest BCUT2D eigenvalue weighted by atomic mass is 9.66. The van der Waals surface area contributed by atoms with E-state index < -0.39 is 23.5 Å². The molecule has 0 saturated heterocycles. The molecule has 1 fully saturated rings. The Kier molecular flexibility index (Phi) is 8.99. The molecule has 12 nitrogen and oxygen atoms in total. The lowest BCUT2D eigenvalue weighted by molar-refractivity contribution is -0.178. The van der Waals surface area contributed by atoms with Gasteiger partial charge in [-0.2, -0.15) is 0 Å². The molecule has 0 radical (unpaired) electrons. The van der Waals surface area contributed by atoms with Crippen LogP contribution in [0.5, 0.6) is 23.0 Å². The number of carboxylic acids is 2. The number of phenols is 3. The summed E-state index contributed by atoms with van der Waals surface area (Å²) >= 11 is 0. The van der Waals surface area contributed by atoms with Crippen LogP contribution in [0, 0.1) is 5.41 Å². The molecule has 4 aromatic carbocycles. The summed E-state index contributed by atoms with van der Waals surface area (Å²) in [5.41, 5.74) is 10.2. The van der Waals surface area contributed by atoms with Crippen LogP contribution in [-0.4, -0.2) is 63.5 Å². The Morgan fingerprint density at radius 1 is 0.468 bits per heavy atom. The monoisotopic (exact) mass is 820 g/mol. The first-order valence-corrected chi connectivity index (χ1v) is 19.8. The number of nitrogens with zero attached hydrogens (tertiary/aromatic N) is 2. The van der Waals surface area contributed by atoms with E-state index in [9.17, 15) is 35.1 Å². The van der Waals surface area contributed by atoms with Crippen molar-refractivity contribution in [1.29, 1.82) is 0 Å². The molecule has 3 aliphatic rings. The topological polar surface area (TPSA) is 202 Å². The Morgan fingerprint density at radius 2 is 0.758 bits per heavy atom. The Morgan fingerprint density at radius 3 is 1.05 bits per heavy atom. The molecule has 7 N–H and O–H groups in total. The highest BCUT2D eigenvalue weighted by Gasteiger charge is 2.58. The summed E-state index contributed by atoms with van der Waals surface area (Å²) < 4.78 is 6.05. The molecule has 0 spiro atoms. The van der Waals surface area contributed by atoms with Gasteiger partial charge in [-0.25, -0.2) is 9.97 Å². The van der Waals surface area contributed by atoms with E-state index in [2.05, 4.69) is 9.97 Å². The number of aliphatic carboxylic acids is 2. The summed E-state index contributed by atoms with van der Waals surface area (Å²) in [6, 6.07) is 36.1. The van der Waals surface area contributed by atoms with E-state index in [0.717, 1.165) is 66.6 Å². The highest BCUT2D eigenvalue weighted by molar-refractivity contribution is 6.01. The highest BCUT2D eigenvalue weighted by atomic mass is 16.5. The van der Waals surface area contributed by atoms with Gasteiger partial charge in [0.2, 0.25) is 0 Å². The SMILES string of the molecule is O=C(O)C1(C(=O)O)CC(Oc2ccc(-c3c4nc(c(-c5ccc(O)cc5)c5ccc([nH]5)c(-c5ccc(O)cc5)c5nc(c(-c6ccc(O)cc6)c6ccc3[nH]6)C=C5)C=C4)cc2)C1. The molecule has 7 aromatic rings. The second-order valence-corrected chi connectivity index (χ2v) is 15.5. The van der Waals surface area contributed by atoms with Crippen LogP contribution in [0.15, 0.2) is 121 Å². The van der Waals surface area contributed by atoms with E-state index >= 15 is 0 Å². The number of aromatic amines is 2. The predicted octanol–water partition coefficient (Wildman–Crippen LogP) is 10.1. The number of carboxylic acid groups (broad SMARTS) is 2. The molecule has 8 bridgehead atoms. The van der Waals surface area contributed by atoms with Crippen molar-refractivity contribution < 1.29 is 39.9 Å². The van der Waals surface area contributed by atoms with Gasteiger partial charge in [0.1, 0.15) is 29.1 Å². The number of hydrogen-bond donors (Lipinski definition) is 7. The number of ether oxygens (including phenoxy) is 1. The Labute approximate surface area is 353 Å². The van der Waals surface area contributed by atoms with Gasteiger partial charge >= 0.3 is 11.9 Å². The zero-order valence-corrected chi connectivity index (χ0v) is 32.7. The largest absolute Gasteiger partial charge is 0.508 e. The van der Waals surface area contributed by atoms with E-state index in [1.807, 2.05) is 97.1 Å². The van der Waals surface area contributed by atoms with E-state index in [-0.39, 0.29) is 30.1 Å². The van der Waals surface area contributed by atoms with Gasteiger partial charge in [-0.1, -0.05) is 48.5 Å². The van der Waals surface area contributed by atoms with Crippen molar-refractivity contribution in [2.45, 2.75) is 18.9 Å². The zero-order chi connectivity index (χ0) is 42.7. The van der Waals surface area contributed by atoms with E-state index in [0.29, 0.717) is 28.5 Å². The Balaban J connectivity index is 1.23. The number of hydrogen-bond acceptors (Lipinski definition) is 8. The van der Waals surface area contributed by atoms with E-state index in [4.69, 9.17) is 14.7 Å². The molecule has 2 aliphatic heterocycles. The fourth-order valence-electron chi connectivity index (χ4n) is 8.44. The number of rotatable bonds is 8.